The molecular formula is C15H21N5O2. The van der Waals surface area contributed by atoms with Gasteiger partial charge in [-0.05, 0) is 25.5 Å². The second-order valence-electron chi connectivity index (χ2n) is 5.83. The molecule has 0 radical (unpaired) electrons. The van der Waals surface area contributed by atoms with Crippen LogP contribution in [0.2, 0.25) is 0 Å². The van der Waals surface area contributed by atoms with E-state index in [1.54, 1.807) is 30.4 Å². The summed E-state index contributed by atoms with van der Waals surface area (Å²) in [4.78, 5) is 6.60. The first-order chi connectivity index (χ1) is 10.7. The van der Waals surface area contributed by atoms with Gasteiger partial charge in [0.15, 0.2) is 0 Å². The van der Waals surface area contributed by atoms with Gasteiger partial charge in [0.25, 0.3) is 0 Å². The van der Waals surface area contributed by atoms with Crippen molar-refractivity contribution < 1.29 is 9.84 Å². The Morgan fingerprint density at radius 3 is 3.09 bits per heavy atom. The van der Waals surface area contributed by atoms with Gasteiger partial charge in [0.05, 0.1) is 31.1 Å². The molecule has 1 N–H and O–H groups in total. The lowest BCUT2D eigenvalue weighted by Crippen LogP contribution is -2.50. The molecule has 0 saturated carbocycles. The molecule has 7 nitrogen and oxygen atoms in total. The number of piperidine rings is 1. The number of likely N-dealkylation sites (tertiary alicyclic amines) is 1. The van der Waals surface area contributed by atoms with Crippen molar-refractivity contribution in [2.24, 2.45) is 0 Å². The van der Waals surface area contributed by atoms with Crippen molar-refractivity contribution in [1.29, 1.82) is 0 Å². The third kappa shape index (κ3) is 3.61. The molecule has 7 heteroatoms. The fourth-order valence-electron chi connectivity index (χ4n) is 2.99. The molecule has 1 aliphatic heterocycles. The maximum Gasteiger partial charge on any atom is 0.122 e. The first-order valence-electron chi connectivity index (χ1n) is 7.45. The normalized spacial score (nSPS) is 22.6. The van der Waals surface area contributed by atoms with E-state index in [4.69, 9.17) is 4.74 Å². The van der Waals surface area contributed by atoms with Gasteiger partial charge in [-0.15, -0.1) is 5.10 Å². The van der Waals surface area contributed by atoms with E-state index in [9.17, 15) is 5.11 Å². The lowest BCUT2D eigenvalue weighted by molar-refractivity contribution is -0.0481. The van der Waals surface area contributed by atoms with Crippen LogP contribution in [-0.4, -0.2) is 55.8 Å². The molecule has 1 aliphatic rings. The molecule has 2 aromatic rings. The van der Waals surface area contributed by atoms with Gasteiger partial charge in [-0.2, -0.15) is 0 Å². The Labute approximate surface area is 129 Å². The predicted octanol–water partition coefficient (Wildman–Crippen LogP) is 0.709. The minimum Gasteiger partial charge on any atom is -0.497 e. The molecule has 22 heavy (non-hydrogen) atoms. The Bertz CT molecular complexity index is 604. The molecule has 1 saturated heterocycles. The van der Waals surface area contributed by atoms with E-state index in [1.807, 2.05) is 12.1 Å². The third-order valence-corrected chi connectivity index (χ3v) is 3.97. The summed E-state index contributed by atoms with van der Waals surface area (Å²) in [7, 11) is 1.65. The van der Waals surface area contributed by atoms with Gasteiger partial charge in [-0.3, -0.25) is 9.88 Å². The highest BCUT2D eigenvalue weighted by molar-refractivity contribution is 5.22. The Hall–Kier alpha value is -1.99. The molecule has 118 valence electrons. The highest BCUT2D eigenvalue weighted by atomic mass is 16.5. The summed E-state index contributed by atoms with van der Waals surface area (Å²) in [6, 6.07) is 3.77. The second-order valence-corrected chi connectivity index (χ2v) is 5.83. The molecule has 0 bridgehead atoms. The van der Waals surface area contributed by atoms with Crippen LogP contribution in [0.1, 0.15) is 18.5 Å². The lowest BCUT2D eigenvalue weighted by atomic mass is 9.92. The zero-order valence-corrected chi connectivity index (χ0v) is 12.7. The van der Waals surface area contributed by atoms with E-state index < -0.39 is 5.60 Å². The first kappa shape index (κ1) is 14.9. The number of β-amino-alcohol motifs (C(OH)–C–C–N with tert-alkyl or cyclic N) is 1. The number of hydrogen-bond acceptors (Lipinski definition) is 6. The van der Waals surface area contributed by atoms with Crippen LogP contribution < -0.4 is 4.74 Å². The van der Waals surface area contributed by atoms with E-state index in [0.717, 1.165) is 30.8 Å². The quantitative estimate of drug-likeness (QED) is 0.876. The highest BCUT2D eigenvalue weighted by Gasteiger charge is 2.34. The zero-order valence-electron chi connectivity index (χ0n) is 12.7. The Morgan fingerprint density at radius 1 is 1.41 bits per heavy atom. The van der Waals surface area contributed by atoms with Gasteiger partial charge in [0, 0.05) is 31.5 Å². The number of methoxy groups -OCH3 is 1. The van der Waals surface area contributed by atoms with E-state index in [1.165, 1.54) is 0 Å². The van der Waals surface area contributed by atoms with Crippen molar-refractivity contribution in [1.82, 2.24) is 24.9 Å². The molecular weight excluding hydrogens is 282 g/mol. The maximum absolute atomic E-state index is 10.8. The van der Waals surface area contributed by atoms with Crippen molar-refractivity contribution >= 4 is 0 Å². The van der Waals surface area contributed by atoms with Gasteiger partial charge in [0.2, 0.25) is 0 Å². The van der Waals surface area contributed by atoms with E-state index in [0.29, 0.717) is 19.6 Å². The maximum atomic E-state index is 10.8. The number of rotatable bonds is 5. The molecule has 3 heterocycles. The zero-order chi connectivity index (χ0) is 15.4. The summed E-state index contributed by atoms with van der Waals surface area (Å²) in [5.74, 6) is 0.805. The van der Waals surface area contributed by atoms with Crippen molar-refractivity contribution in [3.8, 4) is 5.75 Å². The Kier molecular flexibility index (Phi) is 4.35. The Morgan fingerprint density at radius 2 is 2.32 bits per heavy atom. The monoisotopic (exact) mass is 303 g/mol. The molecule has 0 aromatic carbocycles. The van der Waals surface area contributed by atoms with Gasteiger partial charge >= 0.3 is 0 Å². The molecule has 0 amide bonds. The molecule has 1 unspecified atom stereocenters. The van der Waals surface area contributed by atoms with Gasteiger partial charge in [-0.1, -0.05) is 5.21 Å². The van der Waals surface area contributed by atoms with Crippen molar-refractivity contribution in [3.05, 3.63) is 36.4 Å². The number of nitrogens with zero attached hydrogens (tertiary/aromatic N) is 5. The molecule has 0 spiro atoms. The number of pyridine rings is 1. The topological polar surface area (TPSA) is 76.3 Å². The van der Waals surface area contributed by atoms with E-state index in [2.05, 4.69) is 20.2 Å². The fraction of sp³-hybridized carbons (Fsp3) is 0.533. The van der Waals surface area contributed by atoms with Crippen molar-refractivity contribution in [3.63, 3.8) is 0 Å². The minimum atomic E-state index is -0.773. The van der Waals surface area contributed by atoms with Gasteiger partial charge in [-0.25, -0.2) is 4.68 Å². The summed E-state index contributed by atoms with van der Waals surface area (Å²) >= 11 is 0. The average Bonchev–Trinajstić information content (AvgIpc) is 2.99. The van der Waals surface area contributed by atoms with Crippen LogP contribution in [-0.2, 0) is 13.1 Å². The SMILES string of the molecule is COc1ccnc(CN2CCCC(O)(Cn3ccnn3)C2)c1. The standard InChI is InChI=1S/C15H21N5O2/c1-22-14-3-5-16-13(9-14)10-19-7-2-4-15(21,11-19)12-20-8-6-17-18-20/h3,5-6,8-9,21H,2,4,7,10-12H2,1H3. The summed E-state index contributed by atoms with van der Waals surface area (Å²) < 4.78 is 6.92. The molecule has 2 aromatic heterocycles. The van der Waals surface area contributed by atoms with Crippen LogP contribution in [0, 0.1) is 0 Å². The fourth-order valence-corrected chi connectivity index (χ4v) is 2.99. The van der Waals surface area contributed by atoms with Gasteiger partial charge < -0.3 is 9.84 Å². The van der Waals surface area contributed by atoms with Crippen LogP contribution in [0.3, 0.4) is 0 Å². The lowest BCUT2D eigenvalue weighted by Gasteiger charge is -2.38. The number of hydrogen-bond donors (Lipinski definition) is 1. The summed E-state index contributed by atoms with van der Waals surface area (Å²) in [5, 5.41) is 18.6. The molecule has 1 fully saturated rings. The van der Waals surface area contributed by atoms with Crippen LogP contribution in [0.25, 0.3) is 0 Å². The molecule has 0 aliphatic carbocycles. The van der Waals surface area contributed by atoms with Gasteiger partial charge in [0.1, 0.15) is 5.75 Å². The Balaban J connectivity index is 1.64. The number of aromatic nitrogens is 4. The van der Waals surface area contributed by atoms with Crippen molar-refractivity contribution in [2.45, 2.75) is 31.5 Å². The minimum absolute atomic E-state index is 0.467. The highest BCUT2D eigenvalue weighted by Crippen LogP contribution is 2.24. The summed E-state index contributed by atoms with van der Waals surface area (Å²) in [6.45, 7) is 2.73. The second kappa shape index (κ2) is 6.41. The average molecular weight is 303 g/mol. The summed E-state index contributed by atoms with van der Waals surface area (Å²) in [5.41, 5.74) is 0.175. The third-order valence-electron chi connectivity index (χ3n) is 3.97. The molecule has 3 rings (SSSR count). The van der Waals surface area contributed by atoms with E-state index >= 15 is 0 Å². The van der Waals surface area contributed by atoms with Crippen LogP contribution in [0.4, 0.5) is 0 Å². The summed E-state index contributed by atoms with van der Waals surface area (Å²) in [6.07, 6.45) is 6.88. The van der Waals surface area contributed by atoms with Crippen LogP contribution in [0.5, 0.6) is 5.75 Å². The number of aliphatic hydroxyl groups is 1. The molecule has 1 atom stereocenters. The van der Waals surface area contributed by atoms with Crippen LogP contribution >= 0.6 is 0 Å². The largest absolute Gasteiger partial charge is 0.497 e. The predicted molar refractivity (Wildman–Crippen MR) is 80.3 cm³/mol. The van der Waals surface area contributed by atoms with Crippen molar-refractivity contribution in [2.75, 3.05) is 20.2 Å². The van der Waals surface area contributed by atoms with E-state index in [-0.39, 0.29) is 0 Å². The smallest absolute Gasteiger partial charge is 0.122 e. The first-order valence-corrected chi connectivity index (χ1v) is 7.45. The van der Waals surface area contributed by atoms with Crippen LogP contribution in [0.15, 0.2) is 30.7 Å². The number of ether oxygens (including phenoxy) is 1.